The number of nitrogen functional groups attached to an aromatic ring is 1. The lowest BCUT2D eigenvalue weighted by molar-refractivity contribution is 0.112. The summed E-state index contributed by atoms with van der Waals surface area (Å²) in [5, 5.41) is 7.38. The molecule has 12 heavy (non-hydrogen) atoms. The van der Waals surface area contributed by atoms with Crippen LogP contribution < -0.4 is 5.73 Å². The van der Waals surface area contributed by atoms with Gasteiger partial charge < -0.3 is 5.73 Å². The minimum atomic E-state index is 0.461. The van der Waals surface area contributed by atoms with Gasteiger partial charge in [0.2, 0.25) is 0 Å². The fourth-order valence-electron chi connectivity index (χ4n) is 1.13. The van der Waals surface area contributed by atoms with Crippen LogP contribution >= 0.6 is 0 Å². The zero-order valence-corrected chi connectivity index (χ0v) is 6.24. The number of nitrogens with one attached hydrogen (secondary N) is 1. The van der Waals surface area contributed by atoms with Crippen molar-refractivity contribution >= 4 is 23.0 Å². The maximum atomic E-state index is 10.4. The van der Waals surface area contributed by atoms with Gasteiger partial charge in [-0.3, -0.25) is 9.89 Å². The summed E-state index contributed by atoms with van der Waals surface area (Å²) in [4.78, 5) is 10.4. The molecule has 4 nitrogen and oxygen atoms in total. The highest BCUT2D eigenvalue weighted by Gasteiger charge is 2.01. The molecule has 0 amide bonds. The number of nitrogens with zero attached hydrogens (tertiary/aromatic N) is 1. The molecule has 1 heterocycles. The van der Waals surface area contributed by atoms with Crippen molar-refractivity contribution in [2.24, 2.45) is 0 Å². The van der Waals surface area contributed by atoms with E-state index in [0.29, 0.717) is 11.4 Å². The minimum absolute atomic E-state index is 0.461. The number of benzene rings is 1. The van der Waals surface area contributed by atoms with Crippen LogP contribution in [0.5, 0.6) is 0 Å². The van der Waals surface area contributed by atoms with E-state index in [-0.39, 0.29) is 0 Å². The third kappa shape index (κ3) is 0.852. The molecule has 0 aliphatic rings. The lowest BCUT2D eigenvalue weighted by Gasteiger charge is -1.90. The van der Waals surface area contributed by atoms with E-state index in [1.165, 1.54) is 0 Å². The van der Waals surface area contributed by atoms with Crippen LogP contribution in [0.4, 0.5) is 5.82 Å². The van der Waals surface area contributed by atoms with E-state index >= 15 is 0 Å². The molecule has 0 bridgehead atoms. The maximum Gasteiger partial charge on any atom is 0.153 e. The van der Waals surface area contributed by atoms with Crippen molar-refractivity contribution in [2.45, 2.75) is 0 Å². The molecule has 1 aromatic heterocycles. The highest BCUT2D eigenvalue weighted by molar-refractivity contribution is 5.92. The van der Waals surface area contributed by atoms with Gasteiger partial charge in [0.25, 0.3) is 0 Å². The zero-order valence-electron chi connectivity index (χ0n) is 6.24. The molecular formula is C8H7N3O. The number of hydrogen-bond acceptors (Lipinski definition) is 3. The number of anilines is 1. The van der Waals surface area contributed by atoms with Gasteiger partial charge in [-0.1, -0.05) is 6.07 Å². The predicted molar refractivity (Wildman–Crippen MR) is 45.9 cm³/mol. The van der Waals surface area contributed by atoms with Gasteiger partial charge in [-0.25, -0.2) is 0 Å². The zero-order chi connectivity index (χ0) is 8.55. The first-order chi connectivity index (χ1) is 5.81. The first-order valence-corrected chi connectivity index (χ1v) is 3.50. The number of rotatable bonds is 1. The molecule has 60 valence electrons. The second-order valence-corrected chi connectivity index (χ2v) is 2.53. The number of aromatic amines is 1. The Kier molecular flexibility index (Phi) is 1.33. The summed E-state index contributed by atoms with van der Waals surface area (Å²) in [5.41, 5.74) is 6.94. The lowest BCUT2D eigenvalue weighted by Crippen LogP contribution is -1.83. The minimum Gasteiger partial charge on any atom is -0.382 e. The van der Waals surface area contributed by atoms with Gasteiger partial charge in [-0.2, -0.15) is 5.10 Å². The molecule has 0 aliphatic carbocycles. The van der Waals surface area contributed by atoms with Crippen molar-refractivity contribution in [1.29, 1.82) is 0 Å². The molecule has 2 aromatic rings. The number of H-pyrrole nitrogens is 1. The first kappa shape index (κ1) is 6.84. The number of aromatic nitrogens is 2. The van der Waals surface area contributed by atoms with E-state index < -0.39 is 0 Å². The Morgan fingerprint density at radius 2 is 2.33 bits per heavy atom. The third-order valence-electron chi connectivity index (χ3n) is 1.75. The van der Waals surface area contributed by atoms with Gasteiger partial charge >= 0.3 is 0 Å². The summed E-state index contributed by atoms with van der Waals surface area (Å²) in [6, 6.07) is 5.20. The Labute approximate surface area is 68.4 Å². The lowest BCUT2D eigenvalue weighted by atomic mass is 10.2. The van der Waals surface area contributed by atoms with Crippen LogP contribution in [0, 0.1) is 0 Å². The highest BCUT2D eigenvalue weighted by Crippen LogP contribution is 2.17. The largest absolute Gasteiger partial charge is 0.382 e. The van der Waals surface area contributed by atoms with Crippen LogP contribution in [-0.2, 0) is 0 Å². The maximum absolute atomic E-state index is 10.4. The highest BCUT2D eigenvalue weighted by atomic mass is 16.1. The van der Waals surface area contributed by atoms with Crippen LogP contribution in [0.3, 0.4) is 0 Å². The molecule has 0 aliphatic heterocycles. The molecular weight excluding hydrogens is 154 g/mol. The monoisotopic (exact) mass is 161 g/mol. The number of hydrogen-bond donors (Lipinski definition) is 2. The Balaban J connectivity index is 2.77. The van der Waals surface area contributed by atoms with Crippen LogP contribution in [-0.4, -0.2) is 16.5 Å². The van der Waals surface area contributed by atoms with E-state index in [0.717, 1.165) is 17.2 Å². The van der Waals surface area contributed by atoms with E-state index in [9.17, 15) is 4.79 Å². The second kappa shape index (κ2) is 2.34. The quantitative estimate of drug-likeness (QED) is 0.612. The molecule has 0 spiro atoms. The molecule has 3 N–H and O–H groups in total. The van der Waals surface area contributed by atoms with E-state index in [1.807, 2.05) is 0 Å². The Morgan fingerprint density at radius 3 is 3.08 bits per heavy atom. The molecule has 0 saturated heterocycles. The molecule has 0 atom stereocenters. The van der Waals surface area contributed by atoms with Gasteiger partial charge in [0.05, 0.1) is 5.52 Å². The van der Waals surface area contributed by atoms with Gasteiger partial charge in [-0.05, 0) is 12.1 Å². The van der Waals surface area contributed by atoms with E-state index in [1.54, 1.807) is 18.2 Å². The fraction of sp³-hybridized carbons (Fsp3) is 0. The first-order valence-electron chi connectivity index (χ1n) is 3.50. The molecule has 0 unspecified atom stereocenters. The molecule has 0 radical (unpaired) electrons. The van der Waals surface area contributed by atoms with E-state index in [2.05, 4.69) is 10.2 Å². The van der Waals surface area contributed by atoms with Crippen molar-refractivity contribution < 1.29 is 4.79 Å². The number of nitrogens with two attached hydrogens (primary N) is 1. The smallest absolute Gasteiger partial charge is 0.153 e. The summed E-state index contributed by atoms with van der Waals surface area (Å²) >= 11 is 0. The summed E-state index contributed by atoms with van der Waals surface area (Å²) in [6.07, 6.45) is 0.788. The topological polar surface area (TPSA) is 71.8 Å². The molecule has 1 aromatic carbocycles. The van der Waals surface area contributed by atoms with Gasteiger partial charge in [0.1, 0.15) is 6.29 Å². The fourth-order valence-corrected chi connectivity index (χ4v) is 1.13. The predicted octanol–water partition coefficient (Wildman–Crippen LogP) is 0.958. The van der Waals surface area contributed by atoms with Crippen LogP contribution in [0.2, 0.25) is 0 Å². The number of carbonyl (C=O) groups is 1. The number of fused-ring (bicyclic) bond motifs is 1. The van der Waals surface area contributed by atoms with Crippen molar-refractivity contribution in [3.05, 3.63) is 23.8 Å². The summed E-state index contributed by atoms with van der Waals surface area (Å²) in [7, 11) is 0. The molecule has 2 rings (SSSR count). The van der Waals surface area contributed by atoms with Crippen molar-refractivity contribution in [1.82, 2.24) is 10.2 Å². The number of aldehydes is 1. The summed E-state index contributed by atoms with van der Waals surface area (Å²) in [6.45, 7) is 0. The standard InChI is InChI=1S/C8H7N3O/c9-8-6-2-1-5(4-12)3-7(6)10-11-8/h1-4H,(H3,9,10,11). The van der Waals surface area contributed by atoms with Gasteiger partial charge in [-0.15, -0.1) is 0 Å². The van der Waals surface area contributed by atoms with Crippen LogP contribution in [0.1, 0.15) is 10.4 Å². The van der Waals surface area contributed by atoms with Crippen molar-refractivity contribution in [3.63, 3.8) is 0 Å². The summed E-state index contributed by atoms with van der Waals surface area (Å²) in [5.74, 6) is 0.461. The normalized spacial score (nSPS) is 10.3. The van der Waals surface area contributed by atoms with Crippen LogP contribution in [0.25, 0.3) is 10.9 Å². The van der Waals surface area contributed by atoms with E-state index in [4.69, 9.17) is 5.73 Å². The number of carbonyl (C=O) groups excluding carboxylic acids is 1. The Bertz CT molecular complexity index is 433. The Hall–Kier alpha value is -1.84. The van der Waals surface area contributed by atoms with Crippen LogP contribution in [0.15, 0.2) is 18.2 Å². The summed E-state index contributed by atoms with van der Waals surface area (Å²) < 4.78 is 0. The van der Waals surface area contributed by atoms with Gasteiger partial charge in [0, 0.05) is 10.9 Å². The van der Waals surface area contributed by atoms with Crippen molar-refractivity contribution in [2.75, 3.05) is 5.73 Å². The molecule has 4 heteroatoms. The van der Waals surface area contributed by atoms with Gasteiger partial charge in [0.15, 0.2) is 5.82 Å². The SMILES string of the molecule is Nc1n[nH]c2cc(C=O)ccc12. The molecule has 0 fully saturated rings. The third-order valence-corrected chi connectivity index (χ3v) is 1.75. The van der Waals surface area contributed by atoms with Crippen molar-refractivity contribution in [3.8, 4) is 0 Å². The molecule has 0 saturated carbocycles. The average molecular weight is 161 g/mol. The Morgan fingerprint density at radius 1 is 1.50 bits per heavy atom. The average Bonchev–Trinajstić information content (AvgIpc) is 2.47. The second-order valence-electron chi connectivity index (χ2n) is 2.53.